The Morgan fingerprint density at radius 2 is 1.70 bits per heavy atom. The van der Waals surface area contributed by atoms with Crippen molar-refractivity contribution in [1.29, 1.82) is 0 Å². The Bertz CT molecular complexity index is 130. The van der Waals surface area contributed by atoms with E-state index in [1.54, 1.807) is 0 Å². The number of carbonyl (C=O) groups excluding carboxylic acids is 1. The van der Waals surface area contributed by atoms with Crippen LogP contribution in [0.1, 0.15) is 6.42 Å². The van der Waals surface area contributed by atoms with Crippen molar-refractivity contribution in [2.24, 2.45) is 0 Å². The summed E-state index contributed by atoms with van der Waals surface area (Å²) in [7, 11) is 0. The van der Waals surface area contributed by atoms with Gasteiger partial charge >= 0.3 is 10.8 Å². The fraction of sp³-hybridized carbons (Fsp3) is 0.750. The third-order valence-corrected chi connectivity index (χ3v) is 1.33. The molecule has 0 aromatic heterocycles. The standard InChI is InChI=1S/C4H3BrF4O/c5-4(8,9)3(6,7)1-2-10/h2H,1H2. The fourth-order valence-electron chi connectivity index (χ4n) is 0.220. The van der Waals surface area contributed by atoms with Crippen LogP contribution in [0, 0.1) is 0 Å². The van der Waals surface area contributed by atoms with Gasteiger partial charge < -0.3 is 4.79 Å². The second-order valence-corrected chi connectivity index (χ2v) is 2.57. The second kappa shape index (κ2) is 2.86. The zero-order chi connectivity index (χ0) is 8.41. The molecule has 0 aliphatic rings. The van der Waals surface area contributed by atoms with Crippen molar-refractivity contribution in [1.82, 2.24) is 0 Å². The molecule has 0 saturated heterocycles. The lowest BCUT2D eigenvalue weighted by Gasteiger charge is -2.18. The van der Waals surface area contributed by atoms with Crippen molar-refractivity contribution in [3.8, 4) is 0 Å². The average Bonchev–Trinajstić information content (AvgIpc) is 1.61. The third kappa shape index (κ3) is 2.24. The van der Waals surface area contributed by atoms with E-state index in [1.807, 2.05) is 0 Å². The lowest BCUT2D eigenvalue weighted by Crippen LogP contribution is -2.35. The number of carbonyl (C=O) groups is 1. The van der Waals surface area contributed by atoms with E-state index >= 15 is 0 Å². The van der Waals surface area contributed by atoms with Crippen LogP contribution in [0.4, 0.5) is 17.6 Å². The van der Waals surface area contributed by atoms with E-state index < -0.39 is 17.2 Å². The molecule has 0 aromatic rings. The van der Waals surface area contributed by atoms with E-state index in [-0.39, 0.29) is 6.29 Å². The highest BCUT2D eigenvalue weighted by Crippen LogP contribution is 2.40. The van der Waals surface area contributed by atoms with Crippen LogP contribution in [0.5, 0.6) is 0 Å². The number of alkyl halides is 5. The first kappa shape index (κ1) is 9.87. The Hall–Kier alpha value is -0.130. The van der Waals surface area contributed by atoms with Crippen LogP contribution in [0.3, 0.4) is 0 Å². The van der Waals surface area contributed by atoms with Crippen molar-refractivity contribution in [2.75, 3.05) is 0 Å². The topological polar surface area (TPSA) is 17.1 Å². The molecule has 0 saturated carbocycles. The lowest BCUT2D eigenvalue weighted by atomic mass is 10.3. The first-order chi connectivity index (χ1) is 4.31. The van der Waals surface area contributed by atoms with Gasteiger partial charge in [0.1, 0.15) is 6.29 Å². The number of halogens is 5. The van der Waals surface area contributed by atoms with Gasteiger partial charge in [-0.2, -0.15) is 17.6 Å². The number of aldehydes is 1. The van der Waals surface area contributed by atoms with Crippen molar-refractivity contribution in [2.45, 2.75) is 17.2 Å². The number of hydrogen-bond acceptors (Lipinski definition) is 1. The molecule has 1 nitrogen and oxygen atoms in total. The Labute approximate surface area is 62.5 Å². The molecule has 10 heavy (non-hydrogen) atoms. The van der Waals surface area contributed by atoms with Gasteiger partial charge in [-0.1, -0.05) is 0 Å². The summed E-state index contributed by atoms with van der Waals surface area (Å²) in [5.41, 5.74) is 0. The van der Waals surface area contributed by atoms with Crippen LogP contribution in [0.15, 0.2) is 0 Å². The predicted octanol–water partition coefficient (Wildman–Crippen LogP) is 2.20. The van der Waals surface area contributed by atoms with Crippen LogP contribution in [-0.2, 0) is 4.79 Å². The highest BCUT2D eigenvalue weighted by atomic mass is 79.9. The molecule has 0 unspecified atom stereocenters. The van der Waals surface area contributed by atoms with Crippen LogP contribution in [-0.4, -0.2) is 17.0 Å². The summed E-state index contributed by atoms with van der Waals surface area (Å²) in [5, 5.41) is 0. The summed E-state index contributed by atoms with van der Waals surface area (Å²) in [4.78, 5) is 5.13. The maximum absolute atomic E-state index is 11.9. The molecular weight excluding hydrogens is 220 g/mol. The van der Waals surface area contributed by atoms with Gasteiger partial charge in [0.15, 0.2) is 0 Å². The molecule has 0 rings (SSSR count). The maximum atomic E-state index is 11.9. The highest BCUT2D eigenvalue weighted by Gasteiger charge is 2.53. The summed E-state index contributed by atoms with van der Waals surface area (Å²) in [6.45, 7) is 0. The largest absolute Gasteiger partial charge is 0.363 e. The number of rotatable bonds is 3. The highest BCUT2D eigenvalue weighted by molar-refractivity contribution is 9.10. The molecule has 0 amide bonds. The smallest absolute Gasteiger partial charge is 0.303 e. The van der Waals surface area contributed by atoms with Gasteiger partial charge in [-0.05, 0) is 15.9 Å². The molecule has 0 atom stereocenters. The van der Waals surface area contributed by atoms with Crippen molar-refractivity contribution in [3.05, 3.63) is 0 Å². The number of hydrogen-bond donors (Lipinski definition) is 0. The van der Waals surface area contributed by atoms with Crippen LogP contribution in [0.25, 0.3) is 0 Å². The molecule has 0 aliphatic carbocycles. The van der Waals surface area contributed by atoms with E-state index in [1.165, 1.54) is 15.9 Å². The zero-order valence-corrected chi connectivity index (χ0v) is 6.17. The first-order valence-electron chi connectivity index (χ1n) is 2.19. The minimum Gasteiger partial charge on any atom is -0.303 e. The SMILES string of the molecule is O=CCC(F)(F)C(F)(F)Br. The fourth-order valence-corrected chi connectivity index (χ4v) is 0.382. The van der Waals surface area contributed by atoms with Crippen LogP contribution < -0.4 is 0 Å². The molecule has 0 spiro atoms. The van der Waals surface area contributed by atoms with Gasteiger partial charge in [-0.3, -0.25) is 0 Å². The Kier molecular flexibility index (Phi) is 2.82. The van der Waals surface area contributed by atoms with Gasteiger partial charge in [-0.15, -0.1) is 0 Å². The predicted molar refractivity (Wildman–Crippen MR) is 29.5 cm³/mol. The summed E-state index contributed by atoms with van der Waals surface area (Å²) in [6.07, 6.45) is -1.74. The van der Waals surface area contributed by atoms with Gasteiger partial charge in [0.2, 0.25) is 0 Å². The van der Waals surface area contributed by atoms with Gasteiger partial charge in [0.05, 0.1) is 6.42 Å². The molecule has 0 radical (unpaired) electrons. The maximum Gasteiger partial charge on any atom is 0.363 e. The molecular formula is C4H3BrF4O. The normalized spacial score (nSPS) is 13.3. The Morgan fingerprint density at radius 1 is 1.30 bits per heavy atom. The minimum absolute atomic E-state index is 0.255. The van der Waals surface area contributed by atoms with Crippen molar-refractivity contribution >= 4 is 22.2 Å². The van der Waals surface area contributed by atoms with Gasteiger partial charge in [-0.25, -0.2) is 0 Å². The molecule has 0 aliphatic heterocycles. The molecule has 6 heteroatoms. The van der Waals surface area contributed by atoms with Gasteiger partial charge in [0.25, 0.3) is 0 Å². The van der Waals surface area contributed by atoms with E-state index in [0.29, 0.717) is 0 Å². The summed E-state index contributed by atoms with van der Waals surface area (Å²) < 4.78 is 47.2. The Balaban J connectivity index is 4.23. The zero-order valence-electron chi connectivity index (χ0n) is 4.58. The minimum atomic E-state index is -4.30. The van der Waals surface area contributed by atoms with E-state index in [0.717, 1.165) is 0 Å². The van der Waals surface area contributed by atoms with Crippen molar-refractivity contribution in [3.63, 3.8) is 0 Å². The molecule has 0 N–H and O–H groups in total. The van der Waals surface area contributed by atoms with Crippen LogP contribution in [0.2, 0.25) is 0 Å². The molecule has 60 valence electrons. The molecule has 0 bridgehead atoms. The molecule has 0 aromatic carbocycles. The summed E-state index contributed by atoms with van der Waals surface area (Å²) in [5.74, 6) is -4.30. The molecule has 0 heterocycles. The summed E-state index contributed by atoms with van der Waals surface area (Å²) in [6, 6.07) is 0. The Morgan fingerprint density at radius 3 is 1.80 bits per heavy atom. The van der Waals surface area contributed by atoms with Gasteiger partial charge in [0, 0.05) is 0 Å². The van der Waals surface area contributed by atoms with E-state index in [2.05, 4.69) is 0 Å². The van der Waals surface area contributed by atoms with E-state index in [4.69, 9.17) is 0 Å². The monoisotopic (exact) mass is 222 g/mol. The second-order valence-electron chi connectivity index (χ2n) is 1.57. The molecule has 0 fully saturated rings. The lowest BCUT2D eigenvalue weighted by molar-refractivity contribution is -0.155. The third-order valence-electron chi connectivity index (χ3n) is 0.754. The first-order valence-corrected chi connectivity index (χ1v) is 2.99. The quantitative estimate of drug-likeness (QED) is 0.407. The van der Waals surface area contributed by atoms with E-state index in [9.17, 15) is 22.4 Å². The van der Waals surface area contributed by atoms with Crippen molar-refractivity contribution < 1.29 is 22.4 Å². The average molecular weight is 223 g/mol. The summed E-state index contributed by atoms with van der Waals surface area (Å²) >= 11 is 1.46. The van der Waals surface area contributed by atoms with Crippen LogP contribution >= 0.6 is 15.9 Å².